The molecule has 1 aromatic carbocycles. The Morgan fingerprint density at radius 3 is 2.62 bits per heavy atom. The Balaban J connectivity index is 1.56. The number of urea groups is 1. The Hall–Kier alpha value is -1.96. The maximum absolute atomic E-state index is 12.5. The van der Waals surface area contributed by atoms with Crippen LogP contribution in [0.3, 0.4) is 0 Å². The molecule has 3 rings (SSSR count). The summed E-state index contributed by atoms with van der Waals surface area (Å²) in [6.45, 7) is 2.50. The molecule has 1 aromatic rings. The van der Waals surface area contributed by atoms with Crippen LogP contribution in [-0.2, 0) is 4.74 Å². The van der Waals surface area contributed by atoms with Gasteiger partial charge in [-0.3, -0.25) is 0 Å². The molecule has 5 nitrogen and oxygen atoms in total. The van der Waals surface area contributed by atoms with Crippen LogP contribution in [0.15, 0.2) is 24.3 Å². The SMILES string of the molecule is C[C@@H]1OCC[C@@H]1NC(=O)N[C@H]1C[C@@H]1c1ccccc1OC(F)(F)F. The predicted molar refractivity (Wildman–Crippen MR) is 79.8 cm³/mol. The van der Waals surface area contributed by atoms with Gasteiger partial charge in [0.1, 0.15) is 5.75 Å². The molecule has 1 saturated heterocycles. The molecule has 24 heavy (non-hydrogen) atoms. The third-order valence-electron chi connectivity index (χ3n) is 4.34. The van der Waals surface area contributed by atoms with Gasteiger partial charge in [0.05, 0.1) is 12.1 Å². The second kappa shape index (κ2) is 6.51. The zero-order valence-corrected chi connectivity index (χ0v) is 13.1. The Morgan fingerprint density at radius 1 is 1.25 bits per heavy atom. The molecule has 1 saturated carbocycles. The first-order valence-electron chi connectivity index (χ1n) is 7.87. The van der Waals surface area contributed by atoms with Gasteiger partial charge in [-0.25, -0.2) is 4.79 Å². The van der Waals surface area contributed by atoms with Gasteiger partial charge in [-0.1, -0.05) is 18.2 Å². The summed E-state index contributed by atoms with van der Waals surface area (Å²) in [5.74, 6) is -0.385. The molecule has 2 fully saturated rings. The van der Waals surface area contributed by atoms with Gasteiger partial charge in [0.2, 0.25) is 0 Å². The van der Waals surface area contributed by atoms with Gasteiger partial charge in [0.25, 0.3) is 0 Å². The molecule has 1 aliphatic carbocycles. The standard InChI is InChI=1S/C16H19F3N2O3/c1-9-12(6-7-23-9)20-15(22)21-13-8-11(13)10-4-2-3-5-14(10)24-16(17,18)19/h2-5,9,11-13H,6-8H2,1H3,(H2,20,21,22)/t9-,11+,12-,13-/m0/s1. The molecule has 0 bridgehead atoms. The summed E-state index contributed by atoms with van der Waals surface area (Å²) in [6.07, 6.45) is -3.43. The van der Waals surface area contributed by atoms with Crippen molar-refractivity contribution in [1.29, 1.82) is 0 Å². The number of rotatable bonds is 4. The molecule has 2 N–H and O–H groups in total. The van der Waals surface area contributed by atoms with Crippen molar-refractivity contribution in [3.63, 3.8) is 0 Å². The molecule has 0 spiro atoms. The quantitative estimate of drug-likeness (QED) is 0.883. The lowest BCUT2D eigenvalue weighted by molar-refractivity contribution is -0.274. The van der Waals surface area contributed by atoms with Crippen molar-refractivity contribution < 1.29 is 27.4 Å². The third-order valence-corrected chi connectivity index (χ3v) is 4.34. The molecule has 1 aliphatic heterocycles. The average Bonchev–Trinajstić information content (AvgIpc) is 3.12. The van der Waals surface area contributed by atoms with Gasteiger partial charge in [-0.15, -0.1) is 13.2 Å². The molecule has 2 aliphatic rings. The van der Waals surface area contributed by atoms with E-state index in [1.807, 2.05) is 6.92 Å². The van der Waals surface area contributed by atoms with Crippen LogP contribution < -0.4 is 15.4 Å². The van der Waals surface area contributed by atoms with E-state index < -0.39 is 6.36 Å². The summed E-state index contributed by atoms with van der Waals surface area (Å²) in [4.78, 5) is 12.0. The van der Waals surface area contributed by atoms with Crippen LogP contribution in [-0.4, -0.2) is 37.2 Å². The fourth-order valence-electron chi connectivity index (χ4n) is 3.00. The number of para-hydroxylation sites is 1. The summed E-state index contributed by atoms with van der Waals surface area (Å²) < 4.78 is 46.8. The summed E-state index contributed by atoms with van der Waals surface area (Å²) in [5.41, 5.74) is 0.456. The fraction of sp³-hybridized carbons (Fsp3) is 0.562. The minimum Gasteiger partial charge on any atom is -0.405 e. The molecule has 132 valence electrons. The normalized spacial score (nSPS) is 29.2. The van der Waals surface area contributed by atoms with E-state index in [9.17, 15) is 18.0 Å². The van der Waals surface area contributed by atoms with Gasteiger partial charge in [0.15, 0.2) is 0 Å². The minimum absolute atomic E-state index is 0.0355. The molecule has 4 atom stereocenters. The number of hydrogen-bond donors (Lipinski definition) is 2. The number of halogens is 3. The molecule has 8 heteroatoms. The summed E-state index contributed by atoms with van der Waals surface area (Å²) in [5, 5.41) is 5.64. The third kappa shape index (κ3) is 4.11. The van der Waals surface area contributed by atoms with Gasteiger partial charge in [-0.2, -0.15) is 0 Å². The lowest BCUT2D eigenvalue weighted by Gasteiger charge is -2.17. The largest absolute Gasteiger partial charge is 0.573 e. The first-order chi connectivity index (χ1) is 11.3. The van der Waals surface area contributed by atoms with E-state index in [4.69, 9.17) is 4.74 Å². The highest BCUT2D eigenvalue weighted by molar-refractivity contribution is 5.75. The van der Waals surface area contributed by atoms with Crippen molar-refractivity contribution in [1.82, 2.24) is 10.6 Å². The number of carbonyl (C=O) groups is 1. The maximum atomic E-state index is 12.5. The van der Waals surface area contributed by atoms with Crippen molar-refractivity contribution in [3.05, 3.63) is 29.8 Å². The van der Waals surface area contributed by atoms with E-state index in [0.29, 0.717) is 18.6 Å². The number of benzene rings is 1. The molecule has 0 radical (unpaired) electrons. The molecule has 0 unspecified atom stereocenters. The fourth-order valence-corrected chi connectivity index (χ4v) is 3.00. The highest BCUT2D eigenvalue weighted by Gasteiger charge is 2.43. The second-order valence-electron chi connectivity index (χ2n) is 6.12. The van der Waals surface area contributed by atoms with E-state index >= 15 is 0 Å². The Kier molecular flexibility index (Phi) is 4.58. The predicted octanol–water partition coefficient (Wildman–Crippen LogP) is 2.92. The summed E-state index contributed by atoms with van der Waals surface area (Å²) in [7, 11) is 0. The average molecular weight is 344 g/mol. The smallest absolute Gasteiger partial charge is 0.405 e. The van der Waals surface area contributed by atoms with E-state index in [0.717, 1.165) is 6.42 Å². The van der Waals surface area contributed by atoms with Gasteiger partial charge >= 0.3 is 12.4 Å². The molecule has 1 heterocycles. The monoisotopic (exact) mass is 344 g/mol. The molecular formula is C16H19F3N2O3. The van der Waals surface area contributed by atoms with Gasteiger partial charge in [-0.05, 0) is 31.4 Å². The van der Waals surface area contributed by atoms with Crippen LogP contribution >= 0.6 is 0 Å². The van der Waals surface area contributed by atoms with Crippen molar-refractivity contribution >= 4 is 6.03 Å². The number of ether oxygens (including phenoxy) is 2. The summed E-state index contributed by atoms with van der Waals surface area (Å²) >= 11 is 0. The maximum Gasteiger partial charge on any atom is 0.573 e. The number of alkyl halides is 3. The number of amides is 2. The van der Waals surface area contributed by atoms with Crippen LogP contribution in [0.5, 0.6) is 5.75 Å². The van der Waals surface area contributed by atoms with Crippen LogP contribution in [0.25, 0.3) is 0 Å². The van der Waals surface area contributed by atoms with Crippen LogP contribution in [0, 0.1) is 0 Å². The van der Waals surface area contributed by atoms with Crippen LogP contribution in [0.4, 0.5) is 18.0 Å². The molecular weight excluding hydrogens is 325 g/mol. The topological polar surface area (TPSA) is 59.6 Å². The zero-order chi connectivity index (χ0) is 17.3. The van der Waals surface area contributed by atoms with Crippen molar-refractivity contribution in [2.45, 2.75) is 50.2 Å². The number of carbonyl (C=O) groups excluding carboxylic acids is 1. The first-order valence-corrected chi connectivity index (χ1v) is 7.87. The lowest BCUT2D eigenvalue weighted by Crippen LogP contribution is -2.45. The van der Waals surface area contributed by atoms with E-state index in [-0.39, 0.29) is 35.9 Å². The van der Waals surface area contributed by atoms with E-state index in [2.05, 4.69) is 15.4 Å². The second-order valence-corrected chi connectivity index (χ2v) is 6.12. The Morgan fingerprint density at radius 2 is 1.96 bits per heavy atom. The summed E-state index contributed by atoms with van der Waals surface area (Å²) in [6, 6.07) is 5.48. The minimum atomic E-state index is -4.73. The number of nitrogens with one attached hydrogen (secondary N) is 2. The van der Waals surface area contributed by atoms with E-state index in [1.54, 1.807) is 12.1 Å². The Bertz CT molecular complexity index is 608. The molecule has 0 aromatic heterocycles. The van der Waals surface area contributed by atoms with Crippen molar-refractivity contribution in [2.75, 3.05) is 6.61 Å². The highest BCUT2D eigenvalue weighted by atomic mass is 19.4. The van der Waals surface area contributed by atoms with Crippen LogP contribution in [0.2, 0.25) is 0 Å². The van der Waals surface area contributed by atoms with Crippen LogP contribution in [0.1, 0.15) is 31.2 Å². The number of hydrogen-bond acceptors (Lipinski definition) is 3. The highest BCUT2D eigenvalue weighted by Crippen LogP contribution is 2.45. The molecule has 2 amide bonds. The van der Waals surface area contributed by atoms with Crippen molar-refractivity contribution in [3.8, 4) is 5.75 Å². The van der Waals surface area contributed by atoms with Crippen molar-refractivity contribution in [2.24, 2.45) is 0 Å². The van der Waals surface area contributed by atoms with Gasteiger partial charge < -0.3 is 20.1 Å². The van der Waals surface area contributed by atoms with E-state index in [1.165, 1.54) is 12.1 Å². The zero-order valence-electron chi connectivity index (χ0n) is 13.1. The Labute approximate surface area is 137 Å². The first kappa shape index (κ1) is 16.9. The van der Waals surface area contributed by atoms with Gasteiger partial charge in [0, 0.05) is 18.6 Å². The lowest BCUT2D eigenvalue weighted by atomic mass is 10.1.